The molecule has 1 heterocycles. The number of amides is 1. The van der Waals surface area contributed by atoms with Gasteiger partial charge in [0.05, 0.1) is 5.69 Å². The van der Waals surface area contributed by atoms with Crippen molar-refractivity contribution in [1.29, 1.82) is 0 Å². The molecule has 0 saturated heterocycles. The summed E-state index contributed by atoms with van der Waals surface area (Å²) in [6.07, 6.45) is 3.89. The minimum Gasteiger partial charge on any atom is -0.451 e. The predicted octanol–water partition coefficient (Wildman–Crippen LogP) is 3.32. The molecule has 0 bridgehead atoms. The predicted molar refractivity (Wildman–Crippen MR) is 72.3 cm³/mol. The Hall–Kier alpha value is -1.62. The van der Waals surface area contributed by atoms with E-state index >= 15 is 0 Å². The van der Waals surface area contributed by atoms with E-state index in [0.717, 1.165) is 21.4 Å². The maximum atomic E-state index is 11.7. The first kappa shape index (κ1) is 12.8. The summed E-state index contributed by atoms with van der Waals surface area (Å²) in [5, 5.41) is 2.85. The minimum absolute atomic E-state index is 0.0280. The second-order valence-electron chi connectivity index (χ2n) is 3.99. The van der Waals surface area contributed by atoms with Crippen LogP contribution < -0.4 is 5.32 Å². The number of halogens is 1. The first-order chi connectivity index (χ1) is 8.65. The maximum Gasteiger partial charge on any atom is 0.224 e. The summed E-state index contributed by atoms with van der Waals surface area (Å²) in [7, 11) is 0. The first-order valence-electron chi connectivity index (χ1n) is 5.58. The van der Waals surface area contributed by atoms with Crippen LogP contribution >= 0.6 is 15.9 Å². The van der Waals surface area contributed by atoms with E-state index in [-0.39, 0.29) is 5.91 Å². The molecule has 0 aliphatic rings. The molecule has 5 heteroatoms. The highest BCUT2D eigenvalue weighted by Gasteiger charge is 2.05. The van der Waals surface area contributed by atoms with E-state index in [9.17, 15) is 4.79 Å². The summed E-state index contributed by atoms with van der Waals surface area (Å²) in [5.41, 5.74) is 2.68. The number of oxazole rings is 1. The number of carbonyl (C=O) groups excluding carboxylic acids is 1. The van der Waals surface area contributed by atoms with Crippen molar-refractivity contribution in [1.82, 2.24) is 4.98 Å². The van der Waals surface area contributed by atoms with Crippen molar-refractivity contribution in [3.8, 4) is 0 Å². The molecule has 1 aromatic carbocycles. The average Bonchev–Trinajstić information content (AvgIpc) is 2.84. The van der Waals surface area contributed by atoms with Gasteiger partial charge in [0.2, 0.25) is 5.91 Å². The average molecular weight is 309 g/mol. The Balaban J connectivity index is 1.88. The number of benzene rings is 1. The lowest BCUT2D eigenvalue weighted by atomic mass is 10.2. The van der Waals surface area contributed by atoms with Gasteiger partial charge in [-0.1, -0.05) is 15.9 Å². The standard InChI is InChI=1S/C13H13BrN2O2/c1-9-6-10(2-4-12(9)14)16-13(17)5-3-11-7-18-8-15-11/h2,4,6-8H,3,5H2,1H3,(H,16,17). The Morgan fingerprint density at radius 3 is 3.00 bits per heavy atom. The molecule has 4 nitrogen and oxygen atoms in total. The van der Waals surface area contributed by atoms with Crippen LogP contribution in [0.25, 0.3) is 0 Å². The zero-order valence-electron chi connectivity index (χ0n) is 9.94. The number of hydrogen-bond donors (Lipinski definition) is 1. The number of anilines is 1. The molecular formula is C13H13BrN2O2. The fourth-order valence-electron chi connectivity index (χ4n) is 1.55. The fourth-order valence-corrected chi connectivity index (χ4v) is 1.80. The van der Waals surface area contributed by atoms with Gasteiger partial charge in [-0.05, 0) is 30.7 Å². The second-order valence-corrected chi connectivity index (χ2v) is 4.85. The van der Waals surface area contributed by atoms with Gasteiger partial charge in [0.25, 0.3) is 0 Å². The molecule has 0 aliphatic carbocycles. The molecule has 94 valence electrons. The smallest absolute Gasteiger partial charge is 0.224 e. The number of carbonyl (C=O) groups is 1. The fraction of sp³-hybridized carbons (Fsp3) is 0.231. The lowest BCUT2D eigenvalue weighted by molar-refractivity contribution is -0.116. The Kier molecular flexibility index (Phi) is 4.15. The van der Waals surface area contributed by atoms with E-state index in [1.54, 1.807) is 6.26 Å². The highest BCUT2D eigenvalue weighted by atomic mass is 79.9. The van der Waals surface area contributed by atoms with Crippen molar-refractivity contribution in [3.63, 3.8) is 0 Å². The SMILES string of the molecule is Cc1cc(NC(=O)CCc2cocn2)ccc1Br. The third-order valence-corrected chi connectivity index (χ3v) is 3.42. The summed E-state index contributed by atoms with van der Waals surface area (Å²) in [5.74, 6) is -0.0280. The molecular weight excluding hydrogens is 296 g/mol. The van der Waals surface area contributed by atoms with E-state index in [1.807, 2.05) is 25.1 Å². The van der Waals surface area contributed by atoms with Crippen LogP contribution in [0.5, 0.6) is 0 Å². The van der Waals surface area contributed by atoms with E-state index in [1.165, 1.54) is 6.39 Å². The number of aromatic nitrogens is 1. The van der Waals surface area contributed by atoms with E-state index in [0.29, 0.717) is 12.8 Å². The molecule has 0 spiro atoms. The van der Waals surface area contributed by atoms with Gasteiger partial charge in [0.15, 0.2) is 6.39 Å². The molecule has 0 saturated carbocycles. The molecule has 1 amide bonds. The first-order valence-corrected chi connectivity index (χ1v) is 6.37. The lowest BCUT2D eigenvalue weighted by Gasteiger charge is -2.06. The maximum absolute atomic E-state index is 11.7. The Morgan fingerprint density at radius 2 is 2.33 bits per heavy atom. The monoisotopic (exact) mass is 308 g/mol. The van der Waals surface area contributed by atoms with Crippen LogP contribution in [-0.2, 0) is 11.2 Å². The second kappa shape index (κ2) is 5.82. The lowest BCUT2D eigenvalue weighted by Crippen LogP contribution is -2.12. The van der Waals surface area contributed by atoms with Crippen LogP contribution in [0.2, 0.25) is 0 Å². The molecule has 0 aliphatic heterocycles. The number of rotatable bonds is 4. The largest absolute Gasteiger partial charge is 0.451 e. The number of aryl methyl sites for hydroxylation is 2. The van der Waals surface area contributed by atoms with Crippen LogP contribution in [0, 0.1) is 6.92 Å². The van der Waals surface area contributed by atoms with Gasteiger partial charge in [-0.3, -0.25) is 4.79 Å². The zero-order valence-corrected chi connectivity index (χ0v) is 11.5. The van der Waals surface area contributed by atoms with Crippen LogP contribution in [-0.4, -0.2) is 10.9 Å². The molecule has 1 aromatic heterocycles. The number of nitrogens with zero attached hydrogens (tertiary/aromatic N) is 1. The van der Waals surface area contributed by atoms with Crippen molar-refractivity contribution in [3.05, 3.63) is 46.6 Å². The van der Waals surface area contributed by atoms with Crippen LogP contribution in [0.1, 0.15) is 17.7 Å². The van der Waals surface area contributed by atoms with Crippen molar-refractivity contribution >= 4 is 27.5 Å². The molecule has 0 unspecified atom stereocenters. The summed E-state index contributed by atoms with van der Waals surface area (Å²) in [6, 6.07) is 5.71. The van der Waals surface area contributed by atoms with Gasteiger partial charge < -0.3 is 9.73 Å². The minimum atomic E-state index is -0.0280. The summed E-state index contributed by atoms with van der Waals surface area (Å²) >= 11 is 3.42. The molecule has 2 aromatic rings. The summed E-state index contributed by atoms with van der Waals surface area (Å²) in [4.78, 5) is 15.7. The Bertz CT molecular complexity index is 538. The highest BCUT2D eigenvalue weighted by Crippen LogP contribution is 2.20. The molecule has 2 rings (SSSR count). The third kappa shape index (κ3) is 3.43. The van der Waals surface area contributed by atoms with Gasteiger partial charge in [-0.15, -0.1) is 0 Å². The zero-order chi connectivity index (χ0) is 13.0. The molecule has 1 N–H and O–H groups in total. The van der Waals surface area contributed by atoms with Gasteiger partial charge >= 0.3 is 0 Å². The van der Waals surface area contributed by atoms with Crippen LogP contribution in [0.15, 0.2) is 39.7 Å². The number of nitrogens with one attached hydrogen (secondary N) is 1. The quantitative estimate of drug-likeness (QED) is 0.942. The normalized spacial score (nSPS) is 10.3. The van der Waals surface area contributed by atoms with Crippen molar-refractivity contribution < 1.29 is 9.21 Å². The van der Waals surface area contributed by atoms with Crippen molar-refractivity contribution in [2.75, 3.05) is 5.32 Å². The van der Waals surface area contributed by atoms with Crippen molar-refractivity contribution in [2.24, 2.45) is 0 Å². The van der Waals surface area contributed by atoms with Gasteiger partial charge in [0.1, 0.15) is 6.26 Å². The van der Waals surface area contributed by atoms with Gasteiger partial charge in [-0.2, -0.15) is 0 Å². The van der Waals surface area contributed by atoms with Crippen molar-refractivity contribution in [2.45, 2.75) is 19.8 Å². The number of hydrogen-bond acceptors (Lipinski definition) is 3. The molecule has 0 radical (unpaired) electrons. The van der Waals surface area contributed by atoms with E-state index < -0.39 is 0 Å². The van der Waals surface area contributed by atoms with Gasteiger partial charge in [-0.25, -0.2) is 4.98 Å². The Morgan fingerprint density at radius 1 is 1.50 bits per heavy atom. The van der Waals surface area contributed by atoms with Crippen LogP contribution in [0.4, 0.5) is 5.69 Å². The van der Waals surface area contributed by atoms with Gasteiger partial charge in [0, 0.05) is 23.0 Å². The highest BCUT2D eigenvalue weighted by molar-refractivity contribution is 9.10. The third-order valence-electron chi connectivity index (χ3n) is 2.53. The Labute approximate surface area is 114 Å². The van der Waals surface area contributed by atoms with E-state index in [4.69, 9.17) is 4.42 Å². The molecule has 18 heavy (non-hydrogen) atoms. The molecule has 0 atom stereocenters. The topological polar surface area (TPSA) is 55.1 Å². The molecule has 0 fully saturated rings. The summed E-state index contributed by atoms with van der Waals surface area (Å²) in [6.45, 7) is 1.98. The van der Waals surface area contributed by atoms with Crippen LogP contribution in [0.3, 0.4) is 0 Å². The summed E-state index contributed by atoms with van der Waals surface area (Å²) < 4.78 is 5.88. The van der Waals surface area contributed by atoms with E-state index in [2.05, 4.69) is 26.2 Å².